The van der Waals surface area contributed by atoms with E-state index in [1.165, 1.54) is 0 Å². The molecule has 5 heteroatoms. The van der Waals surface area contributed by atoms with Crippen molar-refractivity contribution in [2.24, 2.45) is 0 Å². The largest absolute Gasteiger partial charge is 0.395 e. The predicted molar refractivity (Wildman–Crippen MR) is 54.0 cm³/mol. The number of hydrogen-bond donors (Lipinski definition) is 2. The molecule has 2 N–H and O–H groups in total. The summed E-state index contributed by atoms with van der Waals surface area (Å²) in [5.41, 5.74) is 0. The van der Waals surface area contributed by atoms with Crippen LogP contribution in [0.4, 0.5) is 0 Å². The van der Waals surface area contributed by atoms with E-state index in [4.69, 9.17) is 5.11 Å². The number of aliphatic hydroxyl groups is 1. The molecular weight excluding hydrogens is 182 g/mol. The van der Waals surface area contributed by atoms with Gasteiger partial charge in [0.1, 0.15) is 0 Å². The third-order valence-electron chi connectivity index (χ3n) is 2.66. The van der Waals surface area contributed by atoms with Crippen molar-refractivity contribution < 1.29 is 9.90 Å². The van der Waals surface area contributed by atoms with E-state index in [-0.39, 0.29) is 12.6 Å². The molecule has 0 aliphatic carbocycles. The molecule has 14 heavy (non-hydrogen) atoms. The quantitative estimate of drug-likeness (QED) is 0.523. The van der Waals surface area contributed by atoms with E-state index in [9.17, 15) is 4.79 Å². The lowest BCUT2D eigenvalue weighted by Crippen LogP contribution is -2.50. The zero-order valence-corrected chi connectivity index (χ0v) is 8.65. The molecule has 1 amide bonds. The Kier molecular flexibility index (Phi) is 4.86. The fourth-order valence-electron chi connectivity index (χ4n) is 1.60. The maximum absolute atomic E-state index is 10.5. The van der Waals surface area contributed by atoms with Gasteiger partial charge in [0.05, 0.1) is 6.61 Å². The summed E-state index contributed by atoms with van der Waals surface area (Å²) in [5, 5.41) is 12.0. The normalized spacial score (nSPS) is 20.9. The smallest absolute Gasteiger partial charge is 0.209 e. The topological polar surface area (TPSA) is 55.8 Å². The number of aliphatic hydroxyl groups excluding tert-OH is 1. The van der Waals surface area contributed by atoms with Crippen molar-refractivity contribution in [2.45, 2.75) is 6.04 Å². The minimum absolute atomic E-state index is 0.137. The van der Waals surface area contributed by atoms with Gasteiger partial charge in [-0.3, -0.25) is 9.69 Å². The van der Waals surface area contributed by atoms with Crippen molar-refractivity contribution in [3.8, 4) is 0 Å². The van der Waals surface area contributed by atoms with E-state index in [0.29, 0.717) is 0 Å². The molecule has 1 aliphatic heterocycles. The van der Waals surface area contributed by atoms with Gasteiger partial charge in [0.25, 0.3) is 0 Å². The molecule has 0 spiro atoms. The van der Waals surface area contributed by atoms with E-state index < -0.39 is 0 Å². The van der Waals surface area contributed by atoms with Gasteiger partial charge in [-0.2, -0.15) is 0 Å². The van der Waals surface area contributed by atoms with Crippen LogP contribution in [-0.2, 0) is 4.79 Å². The second-order valence-corrected chi connectivity index (χ2v) is 3.61. The van der Waals surface area contributed by atoms with E-state index in [1.807, 2.05) is 7.05 Å². The van der Waals surface area contributed by atoms with Crippen LogP contribution in [0.25, 0.3) is 0 Å². The maximum atomic E-state index is 10.5. The van der Waals surface area contributed by atoms with E-state index in [0.717, 1.165) is 39.1 Å². The second-order valence-electron chi connectivity index (χ2n) is 3.61. The number of rotatable bonds is 5. The maximum Gasteiger partial charge on any atom is 0.209 e. The number of piperazine rings is 1. The molecule has 0 bridgehead atoms. The molecule has 1 saturated heterocycles. The second kappa shape index (κ2) is 5.95. The standard InChI is InChI=1S/C9H19N3O2/c1-10-9(7-13)6-11-2-4-12(8-14)5-3-11/h8-10,13H,2-7H2,1H3. The first kappa shape index (κ1) is 11.4. The van der Waals surface area contributed by atoms with Gasteiger partial charge >= 0.3 is 0 Å². The number of nitrogens with zero attached hydrogens (tertiary/aromatic N) is 2. The summed E-state index contributed by atoms with van der Waals surface area (Å²) in [4.78, 5) is 14.5. The molecule has 0 saturated carbocycles. The highest BCUT2D eigenvalue weighted by molar-refractivity contribution is 5.47. The van der Waals surface area contributed by atoms with Gasteiger partial charge in [-0.05, 0) is 7.05 Å². The average molecular weight is 201 g/mol. The predicted octanol–water partition coefficient (Wildman–Crippen LogP) is -1.66. The summed E-state index contributed by atoms with van der Waals surface area (Å²) in [6, 6.07) is 0.137. The summed E-state index contributed by atoms with van der Waals surface area (Å²) in [6.45, 7) is 4.40. The van der Waals surface area contributed by atoms with Gasteiger partial charge < -0.3 is 15.3 Å². The van der Waals surface area contributed by atoms with Crippen LogP contribution in [0, 0.1) is 0 Å². The Morgan fingerprint density at radius 2 is 2.07 bits per heavy atom. The fourth-order valence-corrected chi connectivity index (χ4v) is 1.60. The number of carbonyl (C=O) groups excluding carboxylic acids is 1. The lowest BCUT2D eigenvalue weighted by Gasteiger charge is -2.34. The summed E-state index contributed by atoms with van der Waals surface area (Å²) < 4.78 is 0. The van der Waals surface area contributed by atoms with Crippen LogP contribution in [0.2, 0.25) is 0 Å². The summed E-state index contributed by atoms with van der Waals surface area (Å²) in [7, 11) is 1.85. The summed E-state index contributed by atoms with van der Waals surface area (Å²) in [5.74, 6) is 0. The zero-order valence-electron chi connectivity index (χ0n) is 8.65. The van der Waals surface area contributed by atoms with Crippen LogP contribution in [0.5, 0.6) is 0 Å². The molecule has 1 heterocycles. The molecule has 1 unspecified atom stereocenters. The fraction of sp³-hybridized carbons (Fsp3) is 0.889. The molecular formula is C9H19N3O2. The Balaban J connectivity index is 2.24. The van der Waals surface area contributed by atoms with Gasteiger partial charge in [-0.15, -0.1) is 0 Å². The number of hydrogen-bond acceptors (Lipinski definition) is 4. The van der Waals surface area contributed by atoms with Crippen molar-refractivity contribution in [2.75, 3.05) is 46.4 Å². The average Bonchev–Trinajstić information content (AvgIpc) is 2.26. The van der Waals surface area contributed by atoms with E-state index in [1.54, 1.807) is 4.90 Å². The van der Waals surface area contributed by atoms with Crippen LogP contribution in [0.1, 0.15) is 0 Å². The lowest BCUT2D eigenvalue weighted by atomic mass is 10.2. The summed E-state index contributed by atoms with van der Waals surface area (Å²) in [6.07, 6.45) is 0.902. The number of carbonyl (C=O) groups is 1. The van der Waals surface area contributed by atoms with Crippen molar-refractivity contribution in [3.05, 3.63) is 0 Å². The molecule has 0 radical (unpaired) electrons. The Bertz CT molecular complexity index is 165. The van der Waals surface area contributed by atoms with Crippen molar-refractivity contribution >= 4 is 6.41 Å². The van der Waals surface area contributed by atoms with Crippen molar-refractivity contribution in [1.29, 1.82) is 0 Å². The van der Waals surface area contributed by atoms with Crippen molar-refractivity contribution in [1.82, 2.24) is 15.1 Å². The Morgan fingerprint density at radius 1 is 1.43 bits per heavy atom. The Morgan fingerprint density at radius 3 is 2.50 bits per heavy atom. The first-order chi connectivity index (χ1) is 6.80. The highest BCUT2D eigenvalue weighted by atomic mass is 16.3. The monoisotopic (exact) mass is 201 g/mol. The van der Waals surface area contributed by atoms with Gasteiger partial charge in [0, 0.05) is 38.8 Å². The number of amides is 1. The molecule has 1 rings (SSSR count). The SMILES string of the molecule is CNC(CO)CN1CCN(C=O)CC1. The van der Waals surface area contributed by atoms with Crippen molar-refractivity contribution in [3.63, 3.8) is 0 Å². The van der Waals surface area contributed by atoms with Gasteiger partial charge in [-0.25, -0.2) is 0 Å². The molecule has 0 aromatic heterocycles. The highest BCUT2D eigenvalue weighted by Crippen LogP contribution is 2.00. The molecule has 0 aromatic carbocycles. The minimum Gasteiger partial charge on any atom is -0.395 e. The van der Waals surface area contributed by atoms with Gasteiger partial charge in [0.2, 0.25) is 6.41 Å². The van der Waals surface area contributed by atoms with Crippen LogP contribution < -0.4 is 5.32 Å². The van der Waals surface area contributed by atoms with E-state index >= 15 is 0 Å². The molecule has 5 nitrogen and oxygen atoms in total. The highest BCUT2D eigenvalue weighted by Gasteiger charge is 2.17. The van der Waals surface area contributed by atoms with Crippen LogP contribution in [-0.4, -0.2) is 73.7 Å². The van der Waals surface area contributed by atoms with Crippen LogP contribution >= 0.6 is 0 Å². The molecule has 1 fully saturated rings. The molecule has 82 valence electrons. The van der Waals surface area contributed by atoms with Gasteiger partial charge in [-0.1, -0.05) is 0 Å². The van der Waals surface area contributed by atoms with E-state index in [2.05, 4.69) is 10.2 Å². The third-order valence-corrected chi connectivity index (χ3v) is 2.66. The first-order valence-electron chi connectivity index (χ1n) is 5.00. The molecule has 1 atom stereocenters. The molecule has 1 aliphatic rings. The zero-order chi connectivity index (χ0) is 10.4. The third kappa shape index (κ3) is 3.25. The number of nitrogens with one attached hydrogen (secondary N) is 1. The van der Waals surface area contributed by atoms with Gasteiger partial charge in [0.15, 0.2) is 0 Å². The van der Waals surface area contributed by atoms with Crippen LogP contribution in [0.3, 0.4) is 0 Å². The molecule has 0 aromatic rings. The Labute approximate surface area is 84.7 Å². The van der Waals surface area contributed by atoms with Crippen LogP contribution in [0.15, 0.2) is 0 Å². The summed E-state index contributed by atoms with van der Waals surface area (Å²) >= 11 is 0. The Hall–Kier alpha value is -0.650. The first-order valence-corrected chi connectivity index (χ1v) is 5.00. The minimum atomic E-state index is 0.137. The lowest BCUT2D eigenvalue weighted by molar-refractivity contribution is -0.119. The number of likely N-dealkylation sites (N-methyl/N-ethyl adjacent to an activating group) is 1.